The third kappa shape index (κ3) is 4.54. The second-order valence-electron chi connectivity index (χ2n) is 8.56. The number of fused-ring (bicyclic) bond motifs is 6. The Bertz CT molecular complexity index is 1340. The van der Waals surface area contributed by atoms with E-state index in [9.17, 15) is 0 Å². The lowest BCUT2D eigenvalue weighted by Gasteiger charge is -2.18. The third-order valence-corrected chi connectivity index (χ3v) is 6.52. The lowest BCUT2D eigenvalue weighted by Crippen LogP contribution is -2.17. The molecule has 4 bridgehead atoms. The maximum atomic E-state index is 6.07. The number of imidazole rings is 1. The van der Waals surface area contributed by atoms with Crippen molar-refractivity contribution in [2.24, 2.45) is 0 Å². The zero-order chi connectivity index (χ0) is 23.6. The monoisotopic (exact) mass is 488 g/mol. The normalized spacial score (nSPS) is 17.5. The quantitative estimate of drug-likeness (QED) is 0.412. The number of hydrogen-bond donors (Lipinski definition) is 2. The molecule has 35 heavy (non-hydrogen) atoms. The van der Waals surface area contributed by atoms with E-state index in [1.165, 1.54) is 11.1 Å². The van der Waals surface area contributed by atoms with E-state index >= 15 is 0 Å². The van der Waals surface area contributed by atoms with Crippen LogP contribution < -0.4 is 15.4 Å². The Hall–Kier alpha value is -3.62. The molecule has 2 aliphatic rings. The molecule has 8 nitrogen and oxygen atoms in total. The van der Waals surface area contributed by atoms with Crippen LogP contribution in [-0.2, 0) is 11.2 Å². The lowest BCUT2D eigenvalue weighted by atomic mass is 9.97. The summed E-state index contributed by atoms with van der Waals surface area (Å²) in [5.41, 5.74) is 5.20. The van der Waals surface area contributed by atoms with Crippen LogP contribution in [0.3, 0.4) is 0 Å². The Morgan fingerprint density at radius 1 is 1.03 bits per heavy atom. The van der Waals surface area contributed by atoms with Gasteiger partial charge in [-0.2, -0.15) is 4.98 Å². The van der Waals surface area contributed by atoms with Gasteiger partial charge < -0.3 is 24.7 Å². The largest absolute Gasteiger partial charge is 0.489 e. The number of halogens is 1. The maximum absolute atomic E-state index is 6.07. The SMILES string of the molecule is Clc1cn(-c2ccc3cc2OCCOCCNc2nc(nc4c2CCC4c2ccccc2)N3)cn1. The van der Waals surface area contributed by atoms with Crippen LogP contribution in [-0.4, -0.2) is 45.9 Å². The zero-order valence-corrected chi connectivity index (χ0v) is 19.8. The number of nitrogens with one attached hydrogen (secondary N) is 2. The van der Waals surface area contributed by atoms with Gasteiger partial charge in [0.1, 0.15) is 29.7 Å². The van der Waals surface area contributed by atoms with Crippen LogP contribution in [0, 0.1) is 0 Å². The van der Waals surface area contributed by atoms with Crippen molar-refractivity contribution in [3.8, 4) is 11.4 Å². The van der Waals surface area contributed by atoms with Gasteiger partial charge in [-0.1, -0.05) is 41.9 Å². The summed E-state index contributed by atoms with van der Waals surface area (Å²) in [5.74, 6) is 2.36. The Labute approximate surface area is 208 Å². The molecule has 0 saturated heterocycles. The number of ether oxygens (including phenoxy) is 2. The number of nitrogens with zero attached hydrogens (tertiary/aromatic N) is 4. The van der Waals surface area contributed by atoms with Gasteiger partial charge in [0.25, 0.3) is 0 Å². The van der Waals surface area contributed by atoms with Crippen molar-refractivity contribution in [2.75, 3.05) is 37.0 Å². The second kappa shape index (κ2) is 9.56. The van der Waals surface area contributed by atoms with Gasteiger partial charge in [0.2, 0.25) is 5.95 Å². The molecular weight excluding hydrogens is 464 g/mol. The smallest absolute Gasteiger partial charge is 0.229 e. The van der Waals surface area contributed by atoms with E-state index in [2.05, 4.69) is 39.9 Å². The number of hydrogen-bond acceptors (Lipinski definition) is 7. The highest BCUT2D eigenvalue weighted by Crippen LogP contribution is 2.40. The molecule has 3 heterocycles. The van der Waals surface area contributed by atoms with E-state index in [1.54, 1.807) is 12.5 Å². The molecule has 4 aromatic rings. The van der Waals surface area contributed by atoms with E-state index in [0.717, 1.165) is 35.7 Å². The minimum Gasteiger partial charge on any atom is -0.489 e. The first-order valence-corrected chi connectivity index (χ1v) is 12.1. The molecule has 0 fully saturated rings. The highest BCUT2D eigenvalue weighted by molar-refractivity contribution is 6.29. The van der Waals surface area contributed by atoms with Gasteiger partial charge in [0.15, 0.2) is 0 Å². The molecule has 0 radical (unpaired) electrons. The van der Waals surface area contributed by atoms with E-state index in [4.69, 9.17) is 31.0 Å². The van der Waals surface area contributed by atoms with Crippen molar-refractivity contribution in [3.63, 3.8) is 0 Å². The van der Waals surface area contributed by atoms with E-state index < -0.39 is 0 Å². The van der Waals surface area contributed by atoms with Crippen LogP contribution in [0.4, 0.5) is 17.5 Å². The minimum absolute atomic E-state index is 0.248. The summed E-state index contributed by atoms with van der Waals surface area (Å²) >= 11 is 6.04. The van der Waals surface area contributed by atoms with E-state index in [1.807, 2.05) is 28.8 Å². The fourth-order valence-corrected chi connectivity index (χ4v) is 4.86. The Morgan fingerprint density at radius 3 is 2.80 bits per heavy atom. The van der Waals surface area contributed by atoms with Gasteiger partial charge in [-0.3, -0.25) is 0 Å². The molecule has 1 aliphatic carbocycles. The van der Waals surface area contributed by atoms with Gasteiger partial charge in [0, 0.05) is 36.0 Å². The highest BCUT2D eigenvalue weighted by atomic mass is 35.5. The first kappa shape index (κ1) is 21.9. The summed E-state index contributed by atoms with van der Waals surface area (Å²) in [7, 11) is 0. The van der Waals surface area contributed by atoms with Gasteiger partial charge in [-0.05, 0) is 30.5 Å². The topological polar surface area (TPSA) is 86.1 Å². The van der Waals surface area contributed by atoms with Crippen LogP contribution in [0.25, 0.3) is 5.69 Å². The van der Waals surface area contributed by atoms with E-state index in [-0.39, 0.29) is 5.92 Å². The summed E-state index contributed by atoms with van der Waals surface area (Å²) in [6.45, 7) is 2.11. The predicted octanol–water partition coefficient (Wildman–Crippen LogP) is 4.96. The number of anilines is 3. The Balaban J connectivity index is 1.39. The number of aromatic nitrogens is 4. The molecule has 178 valence electrons. The molecule has 2 aromatic carbocycles. The molecule has 0 amide bonds. The molecule has 9 heteroatoms. The molecule has 0 saturated carbocycles. The number of rotatable bonds is 2. The number of benzene rings is 2. The van der Waals surface area contributed by atoms with Crippen LogP contribution in [0.1, 0.15) is 29.2 Å². The van der Waals surface area contributed by atoms with Gasteiger partial charge in [0.05, 0.1) is 24.6 Å². The lowest BCUT2D eigenvalue weighted by molar-refractivity contribution is 0.107. The third-order valence-electron chi connectivity index (χ3n) is 6.32. The summed E-state index contributed by atoms with van der Waals surface area (Å²) in [6.07, 6.45) is 5.37. The Kier molecular flexibility index (Phi) is 5.98. The van der Waals surface area contributed by atoms with Gasteiger partial charge >= 0.3 is 0 Å². The van der Waals surface area contributed by atoms with Crippen molar-refractivity contribution in [2.45, 2.75) is 18.8 Å². The fourth-order valence-electron chi connectivity index (χ4n) is 4.71. The highest BCUT2D eigenvalue weighted by Gasteiger charge is 2.29. The average Bonchev–Trinajstić information content (AvgIpc) is 3.50. The van der Waals surface area contributed by atoms with Gasteiger partial charge in [-0.15, -0.1) is 0 Å². The Morgan fingerprint density at radius 2 is 1.94 bits per heavy atom. The van der Waals surface area contributed by atoms with Crippen LogP contribution in [0.2, 0.25) is 5.15 Å². The summed E-state index contributed by atoms with van der Waals surface area (Å²) in [5, 5.41) is 7.29. The minimum atomic E-state index is 0.248. The molecular formula is C26H25ClN6O2. The van der Waals surface area contributed by atoms with Crippen LogP contribution >= 0.6 is 11.6 Å². The first-order valence-electron chi connectivity index (χ1n) is 11.8. The first-order chi connectivity index (χ1) is 17.2. The van der Waals surface area contributed by atoms with E-state index in [0.29, 0.717) is 43.2 Å². The summed E-state index contributed by atoms with van der Waals surface area (Å²) < 4.78 is 13.7. The van der Waals surface area contributed by atoms with Crippen LogP contribution in [0.5, 0.6) is 5.75 Å². The van der Waals surface area contributed by atoms with Crippen molar-refractivity contribution in [1.82, 2.24) is 19.5 Å². The molecule has 1 unspecified atom stereocenters. The van der Waals surface area contributed by atoms with Crippen LogP contribution in [0.15, 0.2) is 61.1 Å². The predicted molar refractivity (Wildman–Crippen MR) is 135 cm³/mol. The average molecular weight is 489 g/mol. The van der Waals surface area contributed by atoms with Crippen molar-refractivity contribution < 1.29 is 9.47 Å². The second-order valence-corrected chi connectivity index (χ2v) is 8.95. The van der Waals surface area contributed by atoms with Crippen molar-refractivity contribution in [3.05, 3.63) is 83.0 Å². The molecule has 0 spiro atoms. The molecule has 6 rings (SSSR count). The van der Waals surface area contributed by atoms with Gasteiger partial charge in [-0.25, -0.2) is 9.97 Å². The molecule has 2 N–H and O–H groups in total. The van der Waals surface area contributed by atoms with Crippen molar-refractivity contribution in [1.29, 1.82) is 0 Å². The fraction of sp³-hybridized carbons (Fsp3) is 0.269. The maximum Gasteiger partial charge on any atom is 0.229 e. The standard InChI is InChI=1S/C26H25ClN6O2/c27-23-15-33(16-29-23)21-9-6-18-14-22(21)35-13-12-34-11-10-28-25-20-8-7-19(17-4-2-1-3-5-17)24(20)31-26(30-18)32-25/h1-6,9,14-16,19H,7-8,10-13H2,(H2,28,30,31,32). The molecule has 2 aromatic heterocycles. The zero-order valence-electron chi connectivity index (χ0n) is 19.1. The molecule has 1 aliphatic heterocycles. The molecule has 1 atom stereocenters. The van der Waals surface area contributed by atoms with Crippen molar-refractivity contribution >= 4 is 29.1 Å². The summed E-state index contributed by atoms with van der Waals surface area (Å²) in [4.78, 5) is 13.9. The summed E-state index contributed by atoms with van der Waals surface area (Å²) in [6, 6.07) is 16.4.